The lowest BCUT2D eigenvalue weighted by Crippen LogP contribution is -2.88. The largest absolute Gasteiger partial charge is 0.492 e. The third-order valence-corrected chi connectivity index (χ3v) is 4.97. The maximum absolute atomic E-state index is 12.7. The van der Waals surface area contributed by atoms with E-state index in [1.165, 1.54) is 19.3 Å². The number of hydrogen-bond donors (Lipinski definition) is 3. The molecule has 0 aromatic heterocycles. The Hall–Kier alpha value is -2.65. The van der Waals surface area contributed by atoms with Crippen LogP contribution in [-0.2, 0) is 4.79 Å². The second kappa shape index (κ2) is 10.2. The van der Waals surface area contributed by atoms with E-state index in [1.54, 1.807) is 18.2 Å². The zero-order chi connectivity index (χ0) is 21.4. The van der Waals surface area contributed by atoms with E-state index in [9.17, 15) is 10.1 Å². The number of nitrogens with one attached hydrogen (secondary N) is 2. The summed E-state index contributed by atoms with van der Waals surface area (Å²) in [5, 5.41) is 22.1. The molecule has 4 N–H and O–H groups in total. The quantitative estimate of drug-likeness (QED) is 0.482. The van der Waals surface area contributed by atoms with Gasteiger partial charge in [-0.05, 0) is 49.3 Å². The number of hydrogen-bond acceptors (Lipinski definition) is 4. The van der Waals surface area contributed by atoms with Crippen LogP contribution in [0, 0.1) is 22.2 Å². The van der Waals surface area contributed by atoms with Gasteiger partial charge >= 0.3 is 0 Å². The van der Waals surface area contributed by atoms with Gasteiger partial charge in [-0.15, -0.1) is 0 Å². The molecule has 0 spiro atoms. The van der Waals surface area contributed by atoms with Gasteiger partial charge in [0, 0.05) is 18.8 Å². The molecule has 1 amide bonds. The Morgan fingerprint density at radius 2 is 2.03 bits per heavy atom. The molecule has 1 saturated carbocycles. The van der Waals surface area contributed by atoms with Crippen LogP contribution in [0.15, 0.2) is 29.5 Å². The van der Waals surface area contributed by atoms with E-state index >= 15 is 0 Å². The van der Waals surface area contributed by atoms with Crippen LogP contribution in [0.1, 0.15) is 65.4 Å². The number of nitrogens with zero attached hydrogens (tertiary/aromatic N) is 1. The monoisotopic (exact) mass is 397 g/mol. The van der Waals surface area contributed by atoms with Gasteiger partial charge < -0.3 is 20.8 Å². The van der Waals surface area contributed by atoms with Crippen LogP contribution in [-0.4, -0.2) is 24.8 Å². The molecule has 29 heavy (non-hydrogen) atoms. The van der Waals surface area contributed by atoms with Gasteiger partial charge in [0.1, 0.15) is 23.1 Å². The smallest absolute Gasteiger partial charge is 0.262 e. The average Bonchev–Trinajstić information content (AvgIpc) is 2.67. The van der Waals surface area contributed by atoms with Crippen molar-refractivity contribution >= 4 is 17.8 Å². The maximum atomic E-state index is 12.7. The molecular weight excluding hydrogens is 364 g/mol. The molecule has 6 heteroatoms. The van der Waals surface area contributed by atoms with Crippen LogP contribution in [0.25, 0.3) is 0 Å². The van der Waals surface area contributed by atoms with Gasteiger partial charge in [0.2, 0.25) is 0 Å². The summed E-state index contributed by atoms with van der Waals surface area (Å²) in [6, 6.07) is 7.64. The molecule has 0 heterocycles. The first-order chi connectivity index (χ1) is 13.7. The third kappa shape index (κ3) is 7.03. The molecule has 1 aliphatic rings. The highest BCUT2D eigenvalue weighted by Gasteiger charge is 2.21. The lowest BCUT2D eigenvalue weighted by molar-refractivity contribution is -0.646. The van der Waals surface area contributed by atoms with Crippen LogP contribution in [0.3, 0.4) is 0 Å². The second-order valence-corrected chi connectivity index (χ2v) is 8.93. The molecular formula is C23H33N4O2+. The molecule has 0 radical (unpaired) electrons. The highest BCUT2D eigenvalue weighted by molar-refractivity contribution is 6.17. The summed E-state index contributed by atoms with van der Waals surface area (Å²) in [5.74, 6) is 0.168. The molecule has 0 aliphatic heterocycles. The molecule has 1 aliphatic carbocycles. The zero-order valence-electron chi connectivity index (χ0n) is 18.0. The number of quaternary nitrogens is 1. The number of anilines is 1. The summed E-state index contributed by atoms with van der Waals surface area (Å²) in [5.41, 5.74) is 2.05. The van der Waals surface area contributed by atoms with Crippen LogP contribution < -0.4 is 15.4 Å². The van der Waals surface area contributed by atoms with E-state index in [-0.39, 0.29) is 11.3 Å². The highest BCUT2D eigenvalue weighted by Crippen LogP contribution is 2.25. The topological polar surface area (TPSA) is 103 Å². The van der Waals surface area contributed by atoms with Gasteiger partial charge in [-0.1, -0.05) is 27.2 Å². The molecule has 0 unspecified atom stereocenters. The number of carbonyl (C=O) groups excluding carboxylic acids is 1. The lowest BCUT2D eigenvalue weighted by atomic mass is 9.95. The molecule has 0 saturated heterocycles. The number of carbonyl (C=O) groups is 1. The molecule has 1 aromatic carbocycles. The SMILES string of the molecule is CC([NH2+]C1CCCCC1)=C(C=N)C(=O)Nc1ccc(OCC(C)(C)C)c(C#N)c1. The summed E-state index contributed by atoms with van der Waals surface area (Å²) >= 11 is 0. The fourth-order valence-electron chi connectivity index (χ4n) is 3.42. The molecule has 156 valence electrons. The van der Waals surface area contributed by atoms with Crippen LogP contribution >= 0.6 is 0 Å². The van der Waals surface area contributed by atoms with Gasteiger partial charge in [-0.3, -0.25) is 4.79 Å². The number of nitriles is 1. The minimum atomic E-state index is -0.336. The fourth-order valence-corrected chi connectivity index (χ4v) is 3.42. The van der Waals surface area contributed by atoms with Crippen molar-refractivity contribution in [3.63, 3.8) is 0 Å². The molecule has 1 fully saturated rings. The van der Waals surface area contributed by atoms with E-state index in [4.69, 9.17) is 10.1 Å². The first-order valence-corrected chi connectivity index (χ1v) is 10.3. The summed E-state index contributed by atoms with van der Waals surface area (Å²) < 4.78 is 5.76. The number of amides is 1. The van der Waals surface area contributed by atoms with E-state index in [1.807, 2.05) is 6.92 Å². The first kappa shape index (κ1) is 22.6. The van der Waals surface area contributed by atoms with Crippen molar-refractivity contribution < 1.29 is 14.8 Å². The van der Waals surface area contributed by atoms with Crippen LogP contribution in [0.2, 0.25) is 0 Å². The predicted molar refractivity (Wildman–Crippen MR) is 115 cm³/mol. The summed E-state index contributed by atoms with van der Waals surface area (Å²) in [7, 11) is 0. The van der Waals surface area contributed by atoms with E-state index < -0.39 is 0 Å². The maximum Gasteiger partial charge on any atom is 0.262 e. The number of allylic oxidation sites excluding steroid dienone is 1. The van der Waals surface area contributed by atoms with Crippen LogP contribution in [0.4, 0.5) is 5.69 Å². The van der Waals surface area contributed by atoms with Crippen molar-refractivity contribution in [2.75, 3.05) is 11.9 Å². The number of ether oxygens (including phenoxy) is 1. The zero-order valence-corrected chi connectivity index (χ0v) is 18.0. The minimum Gasteiger partial charge on any atom is -0.492 e. The Morgan fingerprint density at radius 1 is 1.34 bits per heavy atom. The Bertz CT molecular complexity index is 809. The predicted octanol–water partition coefficient (Wildman–Crippen LogP) is 3.74. The number of benzene rings is 1. The Balaban J connectivity index is 2.10. The van der Waals surface area contributed by atoms with E-state index in [0.29, 0.717) is 35.2 Å². The van der Waals surface area contributed by atoms with Crippen LogP contribution in [0.5, 0.6) is 5.75 Å². The van der Waals surface area contributed by atoms with Crippen molar-refractivity contribution in [3.05, 3.63) is 35.0 Å². The Labute approximate surface area is 173 Å². The minimum absolute atomic E-state index is 0.0182. The Kier molecular flexibility index (Phi) is 7.98. The standard InChI is InChI=1S/C23H32N4O2/c1-16(26-18-8-6-5-7-9-18)20(14-25)22(28)27-19-10-11-21(17(12-19)13-24)29-15-23(2,3)4/h10-12,14,18,25-26H,5-9,15H2,1-4H3,(H,27,28)/p+1. The van der Waals surface area contributed by atoms with Crippen molar-refractivity contribution in [1.82, 2.24) is 0 Å². The normalized spacial score (nSPS) is 15.8. The lowest BCUT2D eigenvalue weighted by Gasteiger charge is -2.20. The second-order valence-electron chi connectivity index (χ2n) is 8.93. The molecule has 1 aromatic rings. The molecule has 0 bridgehead atoms. The molecule has 6 nitrogen and oxygen atoms in total. The summed E-state index contributed by atoms with van der Waals surface area (Å²) in [6.45, 7) is 8.56. The third-order valence-electron chi connectivity index (χ3n) is 4.97. The number of nitrogens with two attached hydrogens (primary N) is 1. The van der Waals surface area contributed by atoms with Gasteiger partial charge in [0.05, 0.1) is 18.2 Å². The fraction of sp³-hybridized carbons (Fsp3) is 0.522. The van der Waals surface area contributed by atoms with Crippen molar-refractivity contribution in [1.29, 1.82) is 10.7 Å². The van der Waals surface area contributed by atoms with Crippen molar-refractivity contribution in [2.45, 2.75) is 65.8 Å². The average molecular weight is 398 g/mol. The van der Waals surface area contributed by atoms with Gasteiger partial charge in [-0.2, -0.15) is 5.26 Å². The first-order valence-electron chi connectivity index (χ1n) is 10.3. The number of rotatable bonds is 7. The van der Waals surface area contributed by atoms with E-state index in [2.05, 4.69) is 37.5 Å². The summed E-state index contributed by atoms with van der Waals surface area (Å²) in [6.07, 6.45) is 7.12. The van der Waals surface area contributed by atoms with Gasteiger partial charge in [0.25, 0.3) is 5.91 Å². The highest BCUT2D eigenvalue weighted by atomic mass is 16.5. The van der Waals surface area contributed by atoms with E-state index in [0.717, 1.165) is 24.8 Å². The Morgan fingerprint density at radius 3 is 2.62 bits per heavy atom. The van der Waals surface area contributed by atoms with Crippen molar-refractivity contribution in [3.8, 4) is 11.8 Å². The van der Waals surface area contributed by atoms with Gasteiger partial charge in [-0.25, -0.2) is 0 Å². The van der Waals surface area contributed by atoms with Crippen molar-refractivity contribution in [2.24, 2.45) is 5.41 Å². The van der Waals surface area contributed by atoms with Gasteiger partial charge in [0.15, 0.2) is 0 Å². The summed E-state index contributed by atoms with van der Waals surface area (Å²) in [4.78, 5) is 12.7. The molecule has 0 atom stereocenters. The molecule has 2 rings (SSSR count).